The molecule has 2 heterocycles. The number of aromatic nitrogens is 1. The molecule has 2 rings (SSSR count). The number of hydrogen-bond acceptors (Lipinski definition) is 5. The van der Waals surface area contributed by atoms with Crippen LogP contribution in [0.15, 0.2) is 12.4 Å². The van der Waals surface area contributed by atoms with Crippen LogP contribution in [0.4, 0.5) is 4.79 Å². The standard InChI is InChI=1S/C20H33BN2O4/c1-10-23(17(24)25-18(3,4)5)13-15-11-22-12-16(14(15)2)21-26-19(6,7)20(8,9)27-21/h11-12H,10,13H2,1-9H3. The second-order valence-electron chi connectivity index (χ2n) is 9.10. The van der Waals surface area contributed by atoms with Crippen molar-refractivity contribution in [2.45, 2.75) is 85.7 Å². The molecule has 1 aliphatic heterocycles. The van der Waals surface area contributed by atoms with Gasteiger partial charge in [0.1, 0.15) is 5.60 Å². The van der Waals surface area contributed by atoms with Crippen molar-refractivity contribution >= 4 is 18.7 Å². The minimum absolute atomic E-state index is 0.328. The molecule has 6 nitrogen and oxygen atoms in total. The third kappa shape index (κ3) is 4.82. The van der Waals surface area contributed by atoms with E-state index in [4.69, 9.17) is 14.0 Å². The molecule has 27 heavy (non-hydrogen) atoms. The van der Waals surface area contributed by atoms with Crippen molar-refractivity contribution < 1.29 is 18.8 Å². The molecule has 7 heteroatoms. The average molecular weight is 376 g/mol. The summed E-state index contributed by atoms with van der Waals surface area (Å²) in [5.74, 6) is 0. The number of carbonyl (C=O) groups is 1. The van der Waals surface area contributed by atoms with Crippen LogP contribution in [0.5, 0.6) is 0 Å². The Morgan fingerprint density at radius 3 is 2.22 bits per heavy atom. The lowest BCUT2D eigenvalue weighted by Crippen LogP contribution is -2.41. The molecule has 0 bridgehead atoms. The first-order valence-electron chi connectivity index (χ1n) is 9.54. The van der Waals surface area contributed by atoms with Gasteiger partial charge in [-0.2, -0.15) is 0 Å². The van der Waals surface area contributed by atoms with Crippen molar-refractivity contribution in [3.63, 3.8) is 0 Å². The minimum atomic E-state index is -0.525. The van der Waals surface area contributed by atoms with E-state index in [-0.39, 0.29) is 6.09 Å². The van der Waals surface area contributed by atoms with Gasteiger partial charge in [-0.25, -0.2) is 4.79 Å². The summed E-state index contributed by atoms with van der Waals surface area (Å²) >= 11 is 0. The first-order chi connectivity index (χ1) is 12.3. The maximum absolute atomic E-state index is 12.5. The van der Waals surface area contributed by atoms with E-state index < -0.39 is 23.9 Å². The van der Waals surface area contributed by atoms with Gasteiger partial charge in [-0.05, 0) is 73.4 Å². The molecule has 0 atom stereocenters. The van der Waals surface area contributed by atoms with Gasteiger partial charge in [0.15, 0.2) is 0 Å². The van der Waals surface area contributed by atoms with E-state index in [9.17, 15) is 4.79 Å². The van der Waals surface area contributed by atoms with E-state index in [0.29, 0.717) is 13.1 Å². The van der Waals surface area contributed by atoms with Crippen LogP contribution in [0.1, 0.15) is 66.5 Å². The molecule has 0 radical (unpaired) electrons. The lowest BCUT2D eigenvalue weighted by molar-refractivity contribution is 0.00578. The van der Waals surface area contributed by atoms with Gasteiger partial charge in [0.05, 0.1) is 17.7 Å². The van der Waals surface area contributed by atoms with Gasteiger partial charge in [-0.1, -0.05) is 0 Å². The van der Waals surface area contributed by atoms with E-state index >= 15 is 0 Å². The van der Waals surface area contributed by atoms with Crippen LogP contribution in [0.25, 0.3) is 0 Å². The number of amides is 1. The zero-order chi connectivity index (χ0) is 20.6. The highest BCUT2D eigenvalue weighted by Gasteiger charge is 2.52. The summed E-state index contributed by atoms with van der Waals surface area (Å²) in [6.07, 6.45) is 3.24. The van der Waals surface area contributed by atoms with Gasteiger partial charge < -0.3 is 18.9 Å². The molecule has 0 spiro atoms. The third-order valence-corrected chi connectivity index (χ3v) is 5.26. The zero-order valence-electron chi connectivity index (χ0n) is 18.2. The van der Waals surface area contributed by atoms with E-state index in [2.05, 4.69) is 4.98 Å². The Labute approximate surface area is 163 Å². The summed E-state index contributed by atoms with van der Waals surface area (Å²) in [6, 6.07) is 0. The SMILES string of the molecule is CCN(Cc1cncc(B2OC(C)(C)C(C)(C)O2)c1C)C(=O)OC(C)(C)C. The fraction of sp³-hybridized carbons (Fsp3) is 0.700. The fourth-order valence-electron chi connectivity index (χ4n) is 2.79. The predicted molar refractivity (Wildman–Crippen MR) is 107 cm³/mol. The number of ether oxygens (including phenoxy) is 1. The molecule has 0 unspecified atom stereocenters. The Kier molecular flexibility index (Phi) is 5.98. The lowest BCUT2D eigenvalue weighted by atomic mass is 9.76. The van der Waals surface area contributed by atoms with Crippen LogP contribution < -0.4 is 5.46 Å². The normalized spacial score (nSPS) is 18.5. The molecule has 1 aromatic heterocycles. The monoisotopic (exact) mass is 376 g/mol. The Balaban J connectivity index is 2.23. The van der Waals surface area contributed by atoms with Crippen molar-refractivity contribution in [1.82, 2.24) is 9.88 Å². The summed E-state index contributed by atoms with van der Waals surface area (Å²) in [5.41, 5.74) is 1.52. The van der Waals surface area contributed by atoms with Crippen molar-refractivity contribution in [1.29, 1.82) is 0 Å². The van der Waals surface area contributed by atoms with Crippen LogP contribution in [-0.2, 0) is 20.6 Å². The molecular weight excluding hydrogens is 343 g/mol. The quantitative estimate of drug-likeness (QED) is 0.754. The van der Waals surface area contributed by atoms with Crippen LogP contribution in [-0.4, -0.2) is 46.4 Å². The van der Waals surface area contributed by atoms with Gasteiger partial charge in [0.2, 0.25) is 0 Å². The highest BCUT2D eigenvalue weighted by molar-refractivity contribution is 6.62. The molecule has 1 aliphatic rings. The lowest BCUT2D eigenvalue weighted by Gasteiger charge is -2.32. The average Bonchev–Trinajstić information content (AvgIpc) is 2.72. The molecular formula is C20H33BN2O4. The molecule has 0 aliphatic carbocycles. The summed E-state index contributed by atoms with van der Waals surface area (Å²) in [7, 11) is -0.473. The molecule has 0 saturated carbocycles. The highest BCUT2D eigenvalue weighted by Crippen LogP contribution is 2.36. The van der Waals surface area contributed by atoms with Gasteiger partial charge in [-0.15, -0.1) is 0 Å². The van der Waals surface area contributed by atoms with E-state index in [1.165, 1.54) is 0 Å². The predicted octanol–water partition coefficient (Wildman–Crippen LogP) is 3.45. The van der Waals surface area contributed by atoms with Crippen LogP contribution >= 0.6 is 0 Å². The van der Waals surface area contributed by atoms with E-state index in [0.717, 1.165) is 16.6 Å². The Morgan fingerprint density at radius 2 is 1.74 bits per heavy atom. The van der Waals surface area contributed by atoms with Gasteiger partial charge in [0.25, 0.3) is 0 Å². The van der Waals surface area contributed by atoms with Crippen LogP contribution in [0, 0.1) is 6.92 Å². The summed E-state index contributed by atoms with van der Waals surface area (Å²) < 4.78 is 17.8. The number of rotatable bonds is 4. The van der Waals surface area contributed by atoms with Gasteiger partial charge in [0, 0.05) is 24.4 Å². The smallest absolute Gasteiger partial charge is 0.444 e. The summed E-state index contributed by atoms with van der Waals surface area (Å²) in [4.78, 5) is 18.5. The van der Waals surface area contributed by atoms with Crippen LogP contribution in [0.2, 0.25) is 0 Å². The van der Waals surface area contributed by atoms with Crippen molar-refractivity contribution in [2.24, 2.45) is 0 Å². The Hall–Kier alpha value is -1.60. The largest absolute Gasteiger partial charge is 0.496 e. The molecule has 0 N–H and O–H groups in total. The zero-order valence-corrected chi connectivity index (χ0v) is 18.2. The third-order valence-electron chi connectivity index (χ3n) is 5.26. The summed E-state index contributed by atoms with van der Waals surface area (Å²) in [6.45, 7) is 18.6. The first kappa shape index (κ1) is 21.7. The molecule has 0 aromatic carbocycles. The van der Waals surface area contributed by atoms with Gasteiger partial charge in [-0.3, -0.25) is 4.98 Å². The van der Waals surface area contributed by atoms with Crippen molar-refractivity contribution in [2.75, 3.05) is 6.54 Å². The number of carbonyl (C=O) groups excluding carboxylic acids is 1. The van der Waals surface area contributed by atoms with E-state index in [1.54, 1.807) is 17.3 Å². The maximum Gasteiger partial charge on any atom is 0.496 e. The molecule has 150 valence electrons. The molecule has 1 fully saturated rings. The second kappa shape index (κ2) is 7.43. The number of nitrogens with zero attached hydrogens (tertiary/aromatic N) is 2. The topological polar surface area (TPSA) is 60.9 Å². The Morgan fingerprint density at radius 1 is 1.19 bits per heavy atom. The Bertz CT molecular complexity index is 682. The first-order valence-corrected chi connectivity index (χ1v) is 9.54. The maximum atomic E-state index is 12.5. The molecule has 1 amide bonds. The second-order valence-corrected chi connectivity index (χ2v) is 9.10. The number of pyridine rings is 1. The highest BCUT2D eigenvalue weighted by atomic mass is 16.7. The number of hydrogen-bond donors (Lipinski definition) is 0. The minimum Gasteiger partial charge on any atom is -0.444 e. The molecule has 1 saturated heterocycles. The van der Waals surface area contributed by atoms with Crippen molar-refractivity contribution in [3.05, 3.63) is 23.5 Å². The summed E-state index contributed by atoms with van der Waals surface area (Å²) in [5, 5.41) is 0. The van der Waals surface area contributed by atoms with Crippen LogP contribution in [0.3, 0.4) is 0 Å². The van der Waals surface area contributed by atoms with Gasteiger partial charge >= 0.3 is 13.2 Å². The fourth-order valence-corrected chi connectivity index (χ4v) is 2.79. The molecule has 1 aromatic rings. The van der Waals surface area contributed by atoms with E-state index in [1.807, 2.05) is 62.3 Å². The van der Waals surface area contributed by atoms with Crippen molar-refractivity contribution in [3.8, 4) is 0 Å².